The summed E-state index contributed by atoms with van der Waals surface area (Å²) in [5.74, 6) is -0.289. The van der Waals surface area contributed by atoms with Gasteiger partial charge in [0.2, 0.25) is 11.8 Å². The van der Waals surface area contributed by atoms with Crippen molar-refractivity contribution in [3.63, 3.8) is 0 Å². The van der Waals surface area contributed by atoms with Crippen LogP contribution in [0.5, 0.6) is 0 Å². The molecule has 1 heterocycles. The number of carbonyl (C=O) groups excluding carboxylic acids is 2. The topological polar surface area (TPSA) is 52.7 Å². The van der Waals surface area contributed by atoms with Crippen molar-refractivity contribution in [3.8, 4) is 0 Å². The van der Waals surface area contributed by atoms with Gasteiger partial charge in [0.1, 0.15) is 0 Å². The number of piperazine rings is 1. The first-order valence-corrected chi connectivity index (χ1v) is 11.1. The molecule has 2 aromatic rings. The number of hydrogen-bond donors (Lipinski definition) is 1. The van der Waals surface area contributed by atoms with Gasteiger partial charge in [-0.05, 0) is 54.7 Å². The number of benzene rings is 2. The van der Waals surface area contributed by atoms with E-state index in [1.807, 2.05) is 43.9 Å². The van der Waals surface area contributed by atoms with Crippen molar-refractivity contribution in [3.05, 3.63) is 64.7 Å². The summed E-state index contributed by atoms with van der Waals surface area (Å²) in [4.78, 5) is 28.9. The second-order valence-corrected chi connectivity index (χ2v) is 8.68. The highest BCUT2D eigenvalue weighted by molar-refractivity contribution is 5.93. The molecule has 3 rings (SSSR count). The SMILES string of the molecule is Cc1cccc(NC(=O)CN2CCN(C(=O)CC(C)c3ccc(C(F)(F)F)cc3)CC2)c1C. The maximum absolute atomic E-state index is 12.7. The first-order chi connectivity index (χ1) is 15.5. The Bertz CT molecular complexity index is 981. The van der Waals surface area contributed by atoms with Gasteiger partial charge in [-0.15, -0.1) is 0 Å². The van der Waals surface area contributed by atoms with Gasteiger partial charge >= 0.3 is 6.18 Å². The van der Waals surface area contributed by atoms with Gasteiger partial charge in [-0.2, -0.15) is 13.2 Å². The van der Waals surface area contributed by atoms with Crippen molar-refractivity contribution in [2.24, 2.45) is 0 Å². The Kier molecular flexibility index (Phi) is 7.79. The maximum atomic E-state index is 12.7. The Morgan fingerprint density at radius 1 is 1.00 bits per heavy atom. The molecule has 0 aliphatic carbocycles. The highest BCUT2D eigenvalue weighted by Gasteiger charge is 2.30. The number of hydrogen-bond acceptors (Lipinski definition) is 3. The van der Waals surface area contributed by atoms with E-state index in [0.29, 0.717) is 31.7 Å². The second-order valence-electron chi connectivity index (χ2n) is 8.68. The predicted molar refractivity (Wildman–Crippen MR) is 122 cm³/mol. The molecule has 5 nitrogen and oxygen atoms in total. The molecule has 178 valence electrons. The minimum absolute atomic E-state index is 0.0260. The van der Waals surface area contributed by atoms with Gasteiger partial charge in [-0.25, -0.2) is 0 Å². The van der Waals surface area contributed by atoms with Crippen LogP contribution in [-0.2, 0) is 15.8 Å². The zero-order valence-electron chi connectivity index (χ0n) is 19.2. The lowest BCUT2D eigenvalue weighted by molar-refractivity contribution is -0.137. The summed E-state index contributed by atoms with van der Waals surface area (Å²) in [6.07, 6.45) is -4.13. The zero-order valence-corrected chi connectivity index (χ0v) is 19.2. The number of amides is 2. The fraction of sp³-hybridized carbons (Fsp3) is 0.440. The van der Waals surface area contributed by atoms with Crippen LogP contribution in [0.15, 0.2) is 42.5 Å². The first kappa shape index (κ1) is 24.8. The highest BCUT2D eigenvalue weighted by Crippen LogP contribution is 2.30. The molecule has 0 spiro atoms. The smallest absolute Gasteiger partial charge is 0.340 e. The molecule has 33 heavy (non-hydrogen) atoms. The van der Waals surface area contributed by atoms with Crippen LogP contribution in [0.3, 0.4) is 0 Å². The number of alkyl halides is 3. The lowest BCUT2D eigenvalue weighted by atomic mass is 9.96. The Morgan fingerprint density at radius 3 is 2.24 bits per heavy atom. The fourth-order valence-electron chi connectivity index (χ4n) is 3.94. The maximum Gasteiger partial charge on any atom is 0.416 e. The van der Waals surface area contributed by atoms with Gasteiger partial charge in [-0.1, -0.05) is 31.2 Å². The quantitative estimate of drug-likeness (QED) is 0.684. The number of anilines is 1. The third-order valence-corrected chi connectivity index (χ3v) is 6.26. The predicted octanol–water partition coefficient (Wildman–Crippen LogP) is 4.60. The minimum atomic E-state index is -4.37. The molecule has 1 saturated heterocycles. The number of aryl methyl sites for hydroxylation is 1. The summed E-state index contributed by atoms with van der Waals surface area (Å²) in [5.41, 5.74) is 2.99. The van der Waals surface area contributed by atoms with E-state index in [9.17, 15) is 22.8 Å². The van der Waals surface area contributed by atoms with Crippen LogP contribution < -0.4 is 5.32 Å². The van der Waals surface area contributed by atoms with E-state index in [1.54, 1.807) is 4.90 Å². The van der Waals surface area contributed by atoms with Crippen LogP contribution in [0.4, 0.5) is 18.9 Å². The van der Waals surface area contributed by atoms with Gasteiger partial charge in [0, 0.05) is 38.3 Å². The number of nitrogens with zero attached hydrogens (tertiary/aromatic N) is 2. The van der Waals surface area contributed by atoms with E-state index >= 15 is 0 Å². The molecule has 8 heteroatoms. The molecule has 0 aromatic heterocycles. The number of halogens is 3. The zero-order chi connectivity index (χ0) is 24.2. The van der Waals surface area contributed by atoms with Gasteiger partial charge in [-0.3, -0.25) is 14.5 Å². The number of nitrogens with one attached hydrogen (secondary N) is 1. The molecule has 2 amide bonds. The second kappa shape index (κ2) is 10.4. The van der Waals surface area contributed by atoms with E-state index in [0.717, 1.165) is 28.9 Å². The van der Waals surface area contributed by atoms with Gasteiger partial charge in [0.25, 0.3) is 0 Å². The van der Waals surface area contributed by atoms with E-state index in [2.05, 4.69) is 5.32 Å². The van der Waals surface area contributed by atoms with E-state index in [1.165, 1.54) is 12.1 Å². The Balaban J connectivity index is 1.45. The number of carbonyl (C=O) groups is 2. The van der Waals surface area contributed by atoms with Crippen LogP contribution in [0.2, 0.25) is 0 Å². The monoisotopic (exact) mass is 461 g/mol. The molecule has 1 aliphatic rings. The molecular formula is C25H30F3N3O2. The van der Waals surface area contributed by atoms with Gasteiger partial charge in [0.15, 0.2) is 0 Å². The van der Waals surface area contributed by atoms with Crippen molar-refractivity contribution in [2.45, 2.75) is 39.3 Å². The fourth-order valence-corrected chi connectivity index (χ4v) is 3.94. The van der Waals surface area contributed by atoms with Gasteiger partial charge in [0.05, 0.1) is 12.1 Å². The molecule has 1 atom stereocenters. The summed E-state index contributed by atoms with van der Waals surface area (Å²) >= 11 is 0. The Hall–Kier alpha value is -2.87. The third kappa shape index (κ3) is 6.57. The molecule has 0 saturated carbocycles. The summed E-state index contributed by atoms with van der Waals surface area (Å²) in [6.45, 7) is 8.32. The first-order valence-electron chi connectivity index (χ1n) is 11.1. The summed E-state index contributed by atoms with van der Waals surface area (Å²) < 4.78 is 38.2. The van der Waals surface area contributed by atoms with Crippen molar-refractivity contribution in [1.29, 1.82) is 0 Å². The summed E-state index contributed by atoms with van der Waals surface area (Å²) in [5, 5.41) is 2.96. The average Bonchev–Trinajstić information content (AvgIpc) is 2.77. The lowest BCUT2D eigenvalue weighted by Gasteiger charge is -2.35. The largest absolute Gasteiger partial charge is 0.416 e. The van der Waals surface area contributed by atoms with Crippen LogP contribution in [0, 0.1) is 13.8 Å². The molecular weight excluding hydrogens is 431 g/mol. The molecule has 2 aromatic carbocycles. The molecule has 1 aliphatic heterocycles. The lowest BCUT2D eigenvalue weighted by Crippen LogP contribution is -2.50. The summed E-state index contributed by atoms with van der Waals surface area (Å²) in [6, 6.07) is 10.8. The van der Waals surface area contributed by atoms with Gasteiger partial charge < -0.3 is 10.2 Å². The molecule has 1 N–H and O–H groups in total. The Labute approximate surface area is 192 Å². The minimum Gasteiger partial charge on any atom is -0.340 e. The van der Waals surface area contributed by atoms with E-state index in [4.69, 9.17) is 0 Å². The van der Waals surface area contributed by atoms with Crippen LogP contribution in [-0.4, -0.2) is 54.3 Å². The third-order valence-electron chi connectivity index (χ3n) is 6.26. The molecule has 0 radical (unpaired) electrons. The van der Waals surface area contributed by atoms with Crippen LogP contribution in [0.25, 0.3) is 0 Å². The number of rotatable bonds is 6. The van der Waals surface area contributed by atoms with Crippen molar-refractivity contribution in [2.75, 3.05) is 38.0 Å². The van der Waals surface area contributed by atoms with Crippen molar-refractivity contribution >= 4 is 17.5 Å². The van der Waals surface area contributed by atoms with Crippen molar-refractivity contribution < 1.29 is 22.8 Å². The normalized spacial score (nSPS) is 15.9. The molecule has 1 fully saturated rings. The standard InChI is InChI=1S/C25H30F3N3O2/c1-17-5-4-6-22(19(17)3)29-23(32)16-30-11-13-31(14-12-30)24(33)15-18(2)20-7-9-21(10-8-20)25(26,27)28/h4-10,18H,11-16H2,1-3H3,(H,29,32). The molecule has 1 unspecified atom stereocenters. The summed E-state index contributed by atoms with van der Waals surface area (Å²) in [7, 11) is 0. The average molecular weight is 462 g/mol. The van der Waals surface area contributed by atoms with E-state index < -0.39 is 11.7 Å². The molecule has 0 bridgehead atoms. The van der Waals surface area contributed by atoms with Crippen LogP contribution >= 0.6 is 0 Å². The van der Waals surface area contributed by atoms with Crippen molar-refractivity contribution in [1.82, 2.24) is 9.80 Å². The highest BCUT2D eigenvalue weighted by atomic mass is 19.4. The van der Waals surface area contributed by atoms with E-state index in [-0.39, 0.29) is 30.7 Å². The van der Waals surface area contributed by atoms with Crippen LogP contribution in [0.1, 0.15) is 41.5 Å². The Morgan fingerprint density at radius 2 is 1.64 bits per heavy atom.